The average molecular weight is 377 g/mol. The zero-order chi connectivity index (χ0) is 19.2. The molecule has 0 unspecified atom stereocenters. The molecule has 1 saturated heterocycles. The highest BCUT2D eigenvalue weighted by atomic mass is 16.6. The molecule has 1 N–H and O–H groups in total. The Morgan fingerprint density at radius 3 is 2.82 bits per heavy atom. The van der Waals surface area contributed by atoms with Gasteiger partial charge in [0.2, 0.25) is 0 Å². The lowest BCUT2D eigenvalue weighted by atomic mass is 10.1. The van der Waals surface area contributed by atoms with Gasteiger partial charge in [-0.15, -0.1) is 0 Å². The van der Waals surface area contributed by atoms with E-state index in [9.17, 15) is 4.79 Å². The van der Waals surface area contributed by atoms with Gasteiger partial charge in [-0.25, -0.2) is 0 Å². The Balaban J connectivity index is 1.32. The van der Waals surface area contributed by atoms with Crippen LogP contribution in [0, 0.1) is 0 Å². The maximum Gasteiger partial charge on any atom is 0.290 e. The Kier molecular flexibility index (Phi) is 5.68. The SMILES string of the molecule is O=C(N[C@H]1CCCN(Cc2ccccn2)C1)c1ccc(Oc2ccccc2)o1. The number of pyridine rings is 1. The van der Waals surface area contributed by atoms with E-state index in [1.54, 1.807) is 12.1 Å². The first kappa shape index (κ1) is 18.3. The minimum atomic E-state index is -0.215. The topological polar surface area (TPSA) is 67.6 Å². The molecule has 1 atom stereocenters. The molecule has 1 aliphatic rings. The maximum absolute atomic E-state index is 12.6. The number of carbonyl (C=O) groups excluding carboxylic acids is 1. The van der Waals surface area contributed by atoms with Gasteiger partial charge in [0.05, 0.1) is 5.69 Å². The van der Waals surface area contributed by atoms with Crippen LogP contribution in [0.5, 0.6) is 11.7 Å². The van der Waals surface area contributed by atoms with Crippen LogP contribution in [0.2, 0.25) is 0 Å². The third-order valence-corrected chi connectivity index (χ3v) is 4.72. The first-order valence-electron chi connectivity index (χ1n) is 9.52. The van der Waals surface area contributed by atoms with E-state index in [-0.39, 0.29) is 17.7 Å². The first-order chi connectivity index (χ1) is 13.8. The van der Waals surface area contributed by atoms with Gasteiger partial charge in [0.25, 0.3) is 11.9 Å². The smallest absolute Gasteiger partial charge is 0.290 e. The fourth-order valence-electron chi connectivity index (χ4n) is 3.40. The van der Waals surface area contributed by atoms with Gasteiger partial charge in [0, 0.05) is 31.4 Å². The summed E-state index contributed by atoms with van der Waals surface area (Å²) in [4.78, 5) is 19.3. The summed E-state index contributed by atoms with van der Waals surface area (Å²) < 4.78 is 11.2. The van der Waals surface area contributed by atoms with Crippen molar-refractivity contribution in [1.29, 1.82) is 0 Å². The van der Waals surface area contributed by atoms with Crippen molar-refractivity contribution in [1.82, 2.24) is 15.2 Å². The molecular weight excluding hydrogens is 354 g/mol. The summed E-state index contributed by atoms with van der Waals surface area (Å²) in [5.41, 5.74) is 1.04. The van der Waals surface area contributed by atoms with E-state index in [1.165, 1.54) is 0 Å². The van der Waals surface area contributed by atoms with Gasteiger partial charge < -0.3 is 14.5 Å². The predicted octanol–water partition coefficient (Wildman–Crippen LogP) is 3.86. The number of nitrogens with one attached hydrogen (secondary N) is 1. The Bertz CT molecular complexity index is 896. The Morgan fingerprint density at radius 1 is 1.14 bits per heavy atom. The number of ether oxygens (including phenoxy) is 1. The van der Waals surface area contributed by atoms with Gasteiger partial charge in [0.15, 0.2) is 5.76 Å². The molecule has 6 nitrogen and oxygen atoms in total. The number of aromatic nitrogens is 1. The van der Waals surface area contributed by atoms with Gasteiger partial charge >= 0.3 is 0 Å². The minimum absolute atomic E-state index is 0.0913. The van der Waals surface area contributed by atoms with Crippen LogP contribution in [0.25, 0.3) is 0 Å². The largest absolute Gasteiger partial charge is 0.426 e. The van der Waals surface area contributed by atoms with Crippen LogP contribution in [0.1, 0.15) is 29.1 Å². The van der Waals surface area contributed by atoms with Crippen molar-refractivity contribution in [3.8, 4) is 11.7 Å². The summed E-state index contributed by atoms with van der Waals surface area (Å²) in [7, 11) is 0. The Labute approximate surface area is 164 Å². The van der Waals surface area contributed by atoms with Crippen molar-refractivity contribution in [2.45, 2.75) is 25.4 Å². The lowest BCUT2D eigenvalue weighted by Crippen LogP contribution is -2.47. The number of benzene rings is 1. The number of furan rings is 1. The summed E-state index contributed by atoms with van der Waals surface area (Å²) in [6, 6.07) is 18.7. The fraction of sp³-hybridized carbons (Fsp3) is 0.273. The molecule has 144 valence electrons. The van der Waals surface area contributed by atoms with Gasteiger partial charge in [-0.1, -0.05) is 24.3 Å². The quantitative estimate of drug-likeness (QED) is 0.706. The van der Waals surface area contributed by atoms with Crippen molar-refractivity contribution < 1.29 is 13.9 Å². The highest BCUT2D eigenvalue weighted by Crippen LogP contribution is 2.23. The summed E-state index contributed by atoms with van der Waals surface area (Å²) in [5, 5.41) is 3.08. The van der Waals surface area contributed by atoms with Crippen LogP contribution in [0.4, 0.5) is 0 Å². The second-order valence-electron chi connectivity index (χ2n) is 6.90. The van der Waals surface area contributed by atoms with E-state index >= 15 is 0 Å². The van der Waals surface area contributed by atoms with E-state index in [4.69, 9.17) is 9.15 Å². The van der Waals surface area contributed by atoms with E-state index < -0.39 is 0 Å². The minimum Gasteiger partial charge on any atom is -0.426 e. The molecule has 1 aliphatic heterocycles. The van der Waals surface area contributed by atoms with Gasteiger partial charge in [0.1, 0.15) is 5.75 Å². The molecule has 0 bridgehead atoms. The predicted molar refractivity (Wildman–Crippen MR) is 105 cm³/mol. The maximum atomic E-state index is 12.6. The number of hydrogen-bond acceptors (Lipinski definition) is 5. The van der Waals surface area contributed by atoms with E-state index in [2.05, 4.69) is 15.2 Å². The average Bonchev–Trinajstić information content (AvgIpc) is 3.18. The Morgan fingerprint density at radius 2 is 2.00 bits per heavy atom. The molecule has 4 rings (SSSR count). The number of para-hydroxylation sites is 1. The molecule has 3 heterocycles. The van der Waals surface area contributed by atoms with Crippen LogP contribution in [-0.4, -0.2) is 34.9 Å². The number of rotatable bonds is 6. The van der Waals surface area contributed by atoms with Crippen molar-refractivity contribution in [2.75, 3.05) is 13.1 Å². The molecule has 2 aromatic heterocycles. The lowest BCUT2D eigenvalue weighted by Gasteiger charge is -2.32. The molecule has 0 saturated carbocycles. The Hall–Kier alpha value is -3.12. The molecule has 3 aromatic rings. The third-order valence-electron chi connectivity index (χ3n) is 4.72. The van der Waals surface area contributed by atoms with Crippen molar-refractivity contribution in [3.05, 3.63) is 78.3 Å². The fourth-order valence-corrected chi connectivity index (χ4v) is 3.40. The van der Waals surface area contributed by atoms with Gasteiger partial charge in [-0.2, -0.15) is 0 Å². The number of amides is 1. The molecule has 28 heavy (non-hydrogen) atoms. The molecule has 1 aromatic carbocycles. The number of likely N-dealkylation sites (tertiary alicyclic amines) is 1. The zero-order valence-electron chi connectivity index (χ0n) is 15.6. The molecule has 1 fully saturated rings. The zero-order valence-corrected chi connectivity index (χ0v) is 15.6. The molecule has 0 aliphatic carbocycles. The van der Waals surface area contributed by atoms with Crippen LogP contribution in [0.15, 0.2) is 71.3 Å². The van der Waals surface area contributed by atoms with Gasteiger partial charge in [-0.05, 0) is 49.7 Å². The lowest BCUT2D eigenvalue weighted by molar-refractivity contribution is 0.0867. The highest BCUT2D eigenvalue weighted by molar-refractivity contribution is 5.91. The number of hydrogen-bond donors (Lipinski definition) is 1. The van der Waals surface area contributed by atoms with Crippen LogP contribution in [0.3, 0.4) is 0 Å². The van der Waals surface area contributed by atoms with E-state index in [1.807, 2.05) is 54.7 Å². The molecular formula is C22H23N3O3. The number of piperidine rings is 1. The normalized spacial score (nSPS) is 17.2. The summed E-state index contributed by atoms with van der Waals surface area (Å²) in [6.07, 6.45) is 3.81. The van der Waals surface area contributed by atoms with Crippen LogP contribution in [-0.2, 0) is 6.54 Å². The third kappa shape index (κ3) is 4.78. The van der Waals surface area contributed by atoms with Gasteiger partial charge in [-0.3, -0.25) is 14.7 Å². The monoisotopic (exact) mass is 377 g/mol. The van der Waals surface area contributed by atoms with Crippen LogP contribution >= 0.6 is 0 Å². The summed E-state index contributed by atoms with van der Waals surface area (Å²) in [6.45, 7) is 2.61. The molecule has 0 radical (unpaired) electrons. The standard InChI is InChI=1S/C22H23N3O3/c26-22(20-11-12-21(28-20)27-19-9-2-1-3-10-19)24-18-8-6-14-25(16-18)15-17-7-4-5-13-23-17/h1-5,7,9-13,18H,6,8,14-16H2,(H,24,26)/t18-/m0/s1. The molecule has 0 spiro atoms. The van der Waals surface area contributed by atoms with Crippen molar-refractivity contribution in [2.24, 2.45) is 0 Å². The number of nitrogens with zero attached hydrogens (tertiary/aromatic N) is 2. The molecule has 1 amide bonds. The van der Waals surface area contributed by atoms with Crippen LogP contribution < -0.4 is 10.1 Å². The van der Waals surface area contributed by atoms with E-state index in [0.717, 1.165) is 38.2 Å². The van der Waals surface area contributed by atoms with Crippen molar-refractivity contribution in [3.63, 3.8) is 0 Å². The second kappa shape index (κ2) is 8.71. The number of carbonyl (C=O) groups is 1. The summed E-state index contributed by atoms with van der Waals surface area (Å²) >= 11 is 0. The molecule has 6 heteroatoms. The van der Waals surface area contributed by atoms with Crippen molar-refractivity contribution >= 4 is 5.91 Å². The summed E-state index contributed by atoms with van der Waals surface area (Å²) in [5.74, 6) is 1.01. The highest BCUT2D eigenvalue weighted by Gasteiger charge is 2.23. The second-order valence-corrected chi connectivity index (χ2v) is 6.90. The van der Waals surface area contributed by atoms with E-state index in [0.29, 0.717) is 11.7 Å². The first-order valence-corrected chi connectivity index (χ1v) is 9.52.